The van der Waals surface area contributed by atoms with E-state index in [2.05, 4.69) is 10.1 Å². The van der Waals surface area contributed by atoms with Gasteiger partial charge in [-0.3, -0.25) is 14.9 Å². The van der Waals surface area contributed by atoms with Crippen LogP contribution in [0.15, 0.2) is 24.3 Å². The van der Waals surface area contributed by atoms with Gasteiger partial charge >= 0.3 is 18.0 Å². The minimum absolute atomic E-state index is 0.0407. The molecule has 0 unspecified atom stereocenters. The van der Waals surface area contributed by atoms with Crippen LogP contribution in [0.1, 0.15) is 18.4 Å². The van der Waals surface area contributed by atoms with E-state index in [-0.39, 0.29) is 25.1 Å². The molecule has 0 bridgehead atoms. The molecule has 1 aromatic carbocycles. The Morgan fingerprint density at radius 2 is 2.05 bits per heavy atom. The Balaban J connectivity index is 1.81. The summed E-state index contributed by atoms with van der Waals surface area (Å²) in [5, 5.41) is 12.8. The molecule has 1 atom stereocenters. The molecule has 0 spiro atoms. The van der Waals surface area contributed by atoms with Gasteiger partial charge in [0.05, 0.1) is 4.92 Å². The monoisotopic (exact) mass is 308 g/mol. The van der Waals surface area contributed by atoms with Crippen LogP contribution in [0, 0.1) is 10.1 Å². The van der Waals surface area contributed by atoms with Gasteiger partial charge in [0.15, 0.2) is 0 Å². The zero-order chi connectivity index (χ0) is 16.1. The van der Waals surface area contributed by atoms with Gasteiger partial charge in [0, 0.05) is 18.6 Å². The van der Waals surface area contributed by atoms with Gasteiger partial charge in [-0.2, -0.15) is 0 Å². The Hall–Kier alpha value is -2.97. The van der Waals surface area contributed by atoms with E-state index in [1.165, 1.54) is 24.3 Å². The van der Waals surface area contributed by atoms with Gasteiger partial charge in [0.25, 0.3) is 5.69 Å². The number of non-ortho nitro benzene ring substituents is 1. The van der Waals surface area contributed by atoms with Crippen LogP contribution in [0.25, 0.3) is 0 Å². The van der Waals surface area contributed by atoms with Crippen molar-refractivity contribution < 1.29 is 28.8 Å². The lowest BCUT2D eigenvalue weighted by molar-refractivity contribution is -0.384. The van der Waals surface area contributed by atoms with Crippen molar-refractivity contribution in [2.75, 3.05) is 0 Å². The van der Waals surface area contributed by atoms with E-state index >= 15 is 0 Å². The summed E-state index contributed by atoms with van der Waals surface area (Å²) < 4.78 is 9.28. The second kappa shape index (κ2) is 6.66. The number of hydrogen-bond acceptors (Lipinski definition) is 7. The Morgan fingerprint density at radius 3 is 2.64 bits per heavy atom. The number of carbonyl (C=O) groups excluding carboxylic acids is 3. The van der Waals surface area contributed by atoms with Crippen LogP contribution in [-0.4, -0.2) is 29.0 Å². The quantitative estimate of drug-likeness (QED) is 0.381. The fraction of sp³-hybridized carbons (Fsp3) is 0.308. The third-order valence-electron chi connectivity index (χ3n) is 2.95. The fourth-order valence-corrected chi connectivity index (χ4v) is 1.79. The number of hydrogen-bond donors (Lipinski definition) is 1. The van der Waals surface area contributed by atoms with Crippen molar-refractivity contribution in [3.63, 3.8) is 0 Å². The van der Waals surface area contributed by atoms with Gasteiger partial charge in [0.2, 0.25) is 0 Å². The molecule has 1 amide bonds. The predicted octanol–water partition coefficient (Wildman–Crippen LogP) is 1.05. The molecule has 0 radical (unpaired) electrons. The first kappa shape index (κ1) is 15.4. The normalized spacial score (nSPS) is 17.5. The lowest BCUT2D eigenvalue weighted by atomic mass is 10.1. The maximum atomic E-state index is 11.6. The first-order valence-electron chi connectivity index (χ1n) is 6.37. The van der Waals surface area contributed by atoms with Gasteiger partial charge in [-0.1, -0.05) is 0 Å². The number of carbonyl (C=O) groups is 3. The maximum absolute atomic E-state index is 11.6. The molecule has 1 aromatic rings. The number of nitro benzene ring substituents is 1. The van der Waals surface area contributed by atoms with Crippen molar-refractivity contribution in [1.29, 1.82) is 0 Å². The van der Waals surface area contributed by atoms with Crippen molar-refractivity contribution in [2.45, 2.75) is 25.5 Å². The number of benzene rings is 1. The van der Waals surface area contributed by atoms with Crippen molar-refractivity contribution in [3.05, 3.63) is 39.9 Å². The van der Waals surface area contributed by atoms with Gasteiger partial charge in [-0.15, -0.1) is 0 Å². The van der Waals surface area contributed by atoms with Gasteiger partial charge in [0.1, 0.15) is 12.6 Å². The molecule has 2 rings (SSSR count). The SMILES string of the molecule is O=C1CC[C@H](NC(=O)OCc2ccc([N+](=O)[O-])cc2)C(=O)O1. The maximum Gasteiger partial charge on any atom is 0.408 e. The number of ether oxygens (including phenoxy) is 2. The van der Waals surface area contributed by atoms with Crippen LogP contribution in [0.4, 0.5) is 10.5 Å². The first-order chi connectivity index (χ1) is 10.5. The molecule has 116 valence electrons. The van der Waals surface area contributed by atoms with E-state index in [0.717, 1.165) is 0 Å². The lowest BCUT2D eigenvalue weighted by Gasteiger charge is -2.20. The lowest BCUT2D eigenvalue weighted by Crippen LogP contribution is -2.45. The van der Waals surface area contributed by atoms with Crippen LogP contribution in [-0.2, 0) is 25.7 Å². The zero-order valence-electron chi connectivity index (χ0n) is 11.3. The predicted molar refractivity (Wildman–Crippen MR) is 70.5 cm³/mol. The number of esters is 2. The van der Waals surface area contributed by atoms with Gasteiger partial charge in [-0.05, 0) is 24.1 Å². The molecule has 9 nitrogen and oxygen atoms in total. The summed E-state index contributed by atoms with van der Waals surface area (Å²) in [5.41, 5.74) is 0.491. The molecule has 1 aliphatic heterocycles. The van der Waals surface area contributed by atoms with Crippen molar-refractivity contribution >= 4 is 23.7 Å². The molecule has 1 heterocycles. The molecule has 1 N–H and O–H groups in total. The molecular weight excluding hydrogens is 296 g/mol. The van der Waals surface area contributed by atoms with Crippen LogP contribution in [0.2, 0.25) is 0 Å². The minimum Gasteiger partial charge on any atom is -0.445 e. The standard InChI is InChI=1S/C13H12N2O7/c16-11-6-5-10(12(17)22-11)14-13(18)21-7-8-1-3-9(4-2-8)15(19)20/h1-4,10H,5-7H2,(H,14,18)/t10-/m0/s1. The number of rotatable bonds is 4. The second-order valence-corrected chi connectivity index (χ2v) is 4.53. The van der Waals surface area contributed by atoms with Crippen LogP contribution in [0.3, 0.4) is 0 Å². The third kappa shape index (κ3) is 4.01. The number of nitrogens with zero attached hydrogens (tertiary/aromatic N) is 1. The average molecular weight is 308 g/mol. The van der Waals surface area contributed by atoms with Crippen LogP contribution in [0.5, 0.6) is 0 Å². The van der Waals surface area contributed by atoms with E-state index in [9.17, 15) is 24.5 Å². The number of nitrogens with one attached hydrogen (secondary N) is 1. The topological polar surface area (TPSA) is 125 Å². The Labute approximate surface area is 124 Å². The van der Waals surface area contributed by atoms with Crippen molar-refractivity contribution in [2.24, 2.45) is 0 Å². The highest BCUT2D eigenvalue weighted by atomic mass is 16.6. The number of nitro groups is 1. The minimum atomic E-state index is -0.915. The Morgan fingerprint density at radius 1 is 1.36 bits per heavy atom. The Bertz CT molecular complexity index is 611. The number of alkyl carbamates (subject to hydrolysis) is 1. The summed E-state index contributed by atoms with van der Waals surface area (Å²) in [6, 6.07) is 4.58. The molecule has 1 saturated heterocycles. The molecule has 22 heavy (non-hydrogen) atoms. The highest BCUT2D eigenvalue weighted by Crippen LogP contribution is 2.13. The van der Waals surface area contributed by atoms with Crippen molar-refractivity contribution in [3.8, 4) is 0 Å². The first-order valence-corrected chi connectivity index (χ1v) is 6.37. The summed E-state index contributed by atoms with van der Waals surface area (Å²) in [5.74, 6) is -1.44. The van der Waals surface area contributed by atoms with Crippen LogP contribution < -0.4 is 5.32 Å². The van der Waals surface area contributed by atoms with E-state index in [0.29, 0.717) is 5.56 Å². The summed E-state index contributed by atoms with van der Waals surface area (Å²) in [6.07, 6.45) is -0.641. The van der Waals surface area contributed by atoms with Gasteiger partial charge < -0.3 is 14.8 Å². The van der Waals surface area contributed by atoms with Crippen LogP contribution >= 0.6 is 0 Å². The highest BCUT2D eigenvalue weighted by molar-refractivity contribution is 5.92. The highest BCUT2D eigenvalue weighted by Gasteiger charge is 2.30. The Kier molecular flexibility index (Phi) is 4.66. The molecule has 0 aliphatic carbocycles. The molecule has 1 aliphatic rings. The molecular formula is C13H12N2O7. The summed E-state index contributed by atoms with van der Waals surface area (Å²) >= 11 is 0. The number of cyclic esters (lactones) is 2. The van der Waals surface area contributed by atoms with Gasteiger partial charge in [-0.25, -0.2) is 9.59 Å². The molecule has 0 saturated carbocycles. The summed E-state index contributed by atoms with van der Waals surface area (Å²) in [6.45, 7) is -0.107. The molecule has 1 fully saturated rings. The van der Waals surface area contributed by atoms with Crippen molar-refractivity contribution in [1.82, 2.24) is 5.32 Å². The molecule has 9 heteroatoms. The van der Waals surface area contributed by atoms with E-state index < -0.39 is 29.0 Å². The smallest absolute Gasteiger partial charge is 0.408 e. The third-order valence-corrected chi connectivity index (χ3v) is 2.95. The zero-order valence-corrected chi connectivity index (χ0v) is 11.3. The summed E-state index contributed by atoms with van der Waals surface area (Å²) in [7, 11) is 0. The van der Waals surface area contributed by atoms with E-state index in [1.807, 2.05) is 0 Å². The van der Waals surface area contributed by atoms with E-state index in [4.69, 9.17) is 4.74 Å². The summed E-state index contributed by atoms with van der Waals surface area (Å²) in [4.78, 5) is 43.7. The molecule has 0 aromatic heterocycles. The fourth-order valence-electron chi connectivity index (χ4n) is 1.79. The van der Waals surface area contributed by atoms with E-state index in [1.54, 1.807) is 0 Å². The second-order valence-electron chi connectivity index (χ2n) is 4.53. The average Bonchev–Trinajstić information content (AvgIpc) is 2.48. The largest absolute Gasteiger partial charge is 0.445 e. The number of amides is 1.